The molecule has 112 valence electrons. The summed E-state index contributed by atoms with van der Waals surface area (Å²) in [4.78, 5) is 32.3. The number of nitrogens with zero attached hydrogens (tertiary/aromatic N) is 4. The van der Waals surface area contributed by atoms with E-state index in [9.17, 15) is 14.2 Å². The summed E-state index contributed by atoms with van der Waals surface area (Å²) >= 11 is 0. The van der Waals surface area contributed by atoms with Gasteiger partial charge in [0.25, 0.3) is 5.56 Å². The third kappa shape index (κ3) is 2.75. The van der Waals surface area contributed by atoms with Crippen LogP contribution in [0.4, 0.5) is 10.6 Å². The SMILES string of the molecule is Cc1c2c(=O)n(C(=O)OCO[P+](=O)O)nc(N)c2nn1C. The molecule has 1 unspecified atom stereocenters. The summed E-state index contributed by atoms with van der Waals surface area (Å²) in [5.41, 5.74) is 5.57. The Bertz CT molecular complexity index is 796. The van der Waals surface area contributed by atoms with Gasteiger partial charge in [0.05, 0.1) is 5.39 Å². The lowest BCUT2D eigenvalue weighted by atomic mass is 10.3. The Labute approximate surface area is 117 Å². The predicted molar refractivity (Wildman–Crippen MR) is 69.6 cm³/mol. The maximum Gasteiger partial charge on any atom is 0.698 e. The summed E-state index contributed by atoms with van der Waals surface area (Å²) in [6, 6.07) is 0. The van der Waals surface area contributed by atoms with Crippen LogP contribution in [0.25, 0.3) is 10.9 Å². The minimum Gasteiger partial charge on any atom is -0.416 e. The van der Waals surface area contributed by atoms with Crippen LogP contribution < -0.4 is 11.3 Å². The van der Waals surface area contributed by atoms with Gasteiger partial charge in [0, 0.05) is 17.3 Å². The zero-order valence-electron chi connectivity index (χ0n) is 11.0. The van der Waals surface area contributed by atoms with Crippen LogP contribution in [0.15, 0.2) is 4.79 Å². The molecule has 0 aromatic carbocycles. The molecule has 11 nitrogen and oxygen atoms in total. The second-order valence-corrected chi connectivity index (χ2v) is 4.66. The lowest BCUT2D eigenvalue weighted by molar-refractivity contribution is 0.0562. The molecule has 2 aromatic heterocycles. The molecule has 1 atom stereocenters. The minimum atomic E-state index is -2.92. The van der Waals surface area contributed by atoms with E-state index in [4.69, 9.17) is 10.6 Å². The Balaban J connectivity index is 2.43. The Hall–Kier alpha value is -2.36. The van der Waals surface area contributed by atoms with Gasteiger partial charge in [-0.1, -0.05) is 4.52 Å². The van der Waals surface area contributed by atoms with Crippen LogP contribution in [-0.4, -0.2) is 37.3 Å². The Kier molecular flexibility index (Phi) is 3.98. The van der Waals surface area contributed by atoms with Crippen molar-refractivity contribution in [3.63, 3.8) is 0 Å². The first-order valence-corrected chi connectivity index (χ1v) is 6.64. The number of hydrogen-bond acceptors (Lipinski definition) is 8. The van der Waals surface area contributed by atoms with Crippen LogP contribution in [0.3, 0.4) is 0 Å². The number of aromatic nitrogens is 4. The van der Waals surface area contributed by atoms with Crippen LogP contribution in [-0.2, 0) is 20.9 Å². The molecule has 2 rings (SSSR count). The first-order valence-electron chi connectivity index (χ1n) is 5.51. The third-order valence-electron chi connectivity index (χ3n) is 2.71. The number of fused-ring (bicyclic) bond motifs is 1. The van der Waals surface area contributed by atoms with E-state index in [2.05, 4.69) is 19.5 Å². The lowest BCUT2D eigenvalue weighted by Crippen LogP contribution is -2.31. The van der Waals surface area contributed by atoms with Gasteiger partial charge in [-0.2, -0.15) is 5.10 Å². The van der Waals surface area contributed by atoms with E-state index in [1.165, 1.54) is 4.68 Å². The molecule has 21 heavy (non-hydrogen) atoms. The lowest BCUT2D eigenvalue weighted by Gasteiger charge is -2.04. The summed E-state index contributed by atoms with van der Waals surface area (Å²) in [6.45, 7) is 0.827. The monoisotopic (exact) mass is 316 g/mol. The van der Waals surface area contributed by atoms with Gasteiger partial charge in [-0.15, -0.1) is 14.7 Å². The first kappa shape index (κ1) is 15.0. The molecule has 0 aliphatic rings. The van der Waals surface area contributed by atoms with Crippen LogP contribution in [0.1, 0.15) is 5.69 Å². The molecule has 2 heterocycles. The second-order valence-electron chi connectivity index (χ2n) is 3.93. The fourth-order valence-electron chi connectivity index (χ4n) is 1.66. The first-order chi connectivity index (χ1) is 9.82. The van der Waals surface area contributed by atoms with Crippen LogP contribution in [0.5, 0.6) is 0 Å². The summed E-state index contributed by atoms with van der Waals surface area (Å²) in [5, 5.41) is 7.76. The Morgan fingerprint density at radius 2 is 2.14 bits per heavy atom. The van der Waals surface area contributed by atoms with Crippen LogP contribution in [0, 0.1) is 6.92 Å². The number of aryl methyl sites for hydroxylation is 2. The number of anilines is 1. The maximum atomic E-state index is 12.2. The molecule has 0 saturated heterocycles. The summed E-state index contributed by atoms with van der Waals surface area (Å²) in [6.07, 6.45) is -1.19. The topological polar surface area (TPSA) is 152 Å². The van der Waals surface area contributed by atoms with E-state index in [1.54, 1.807) is 14.0 Å². The van der Waals surface area contributed by atoms with Crippen LogP contribution in [0.2, 0.25) is 0 Å². The second kappa shape index (κ2) is 5.56. The number of ether oxygens (including phenoxy) is 1. The predicted octanol–water partition coefficient (Wildman–Crippen LogP) is -0.371. The van der Waals surface area contributed by atoms with Gasteiger partial charge in [0.1, 0.15) is 5.52 Å². The highest BCUT2D eigenvalue weighted by atomic mass is 31.1. The zero-order valence-corrected chi connectivity index (χ0v) is 11.9. The number of nitrogens with two attached hydrogens (primary N) is 1. The highest BCUT2D eigenvalue weighted by Gasteiger charge is 2.21. The van der Waals surface area contributed by atoms with Crippen molar-refractivity contribution in [2.45, 2.75) is 6.92 Å². The van der Waals surface area contributed by atoms with Crippen molar-refractivity contribution in [3.05, 3.63) is 16.0 Å². The van der Waals surface area contributed by atoms with Crippen molar-refractivity contribution in [1.29, 1.82) is 0 Å². The molecule has 0 fully saturated rings. The van der Waals surface area contributed by atoms with Gasteiger partial charge in [0.15, 0.2) is 5.82 Å². The quantitative estimate of drug-likeness (QED) is 0.570. The van der Waals surface area contributed by atoms with Gasteiger partial charge < -0.3 is 10.5 Å². The Morgan fingerprint density at radius 3 is 2.76 bits per heavy atom. The van der Waals surface area contributed by atoms with Crippen molar-refractivity contribution < 1.29 is 23.5 Å². The highest BCUT2D eigenvalue weighted by molar-refractivity contribution is 7.32. The fraction of sp³-hybridized carbons (Fsp3) is 0.333. The molecule has 0 saturated carbocycles. The molecule has 0 spiro atoms. The molecule has 0 aliphatic heterocycles. The van der Waals surface area contributed by atoms with E-state index in [-0.39, 0.29) is 16.7 Å². The maximum absolute atomic E-state index is 12.2. The van der Waals surface area contributed by atoms with Crippen molar-refractivity contribution in [3.8, 4) is 0 Å². The molecular formula is C9H11N5O6P+. The summed E-state index contributed by atoms with van der Waals surface area (Å²) < 4.78 is 20.7. The van der Waals surface area contributed by atoms with Gasteiger partial charge in [-0.3, -0.25) is 9.48 Å². The number of carbonyl (C=O) groups is 1. The molecule has 0 radical (unpaired) electrons. The number of rotatable bonds is 3. The van der Waals surface area contributed by atoms with E-state index >= 15 is 0 Å². The Morgan fingerprint density at radius 1 is 1.48 bits per heavy atom. The van der Waals surface area contributed by atoms with E-state index in [0.29, 0.717) is 10.4 Å². The van der Waals surface area contributed by atoms with Crippen LogP contribution >= 0.6 is 8.25 Å². The standard InChI is InChI=1S/C9H10N5O6P/c1-4-5-6(11-13(4)2)7(10)12-14(8(5)15)9(16)19-3-20-21(17)18/h3H2,1-2H3,(H2-,10,12,17,18)/p+1. The van der Waals surface area contributed by atoms with Crippen molar-refractivity contribution >= 4 is 31.1 Å². The number of carbonyl (C=O) groups excluding carboxylic acids is 1. The average molecular weight is 316 g/mol. The third-order valence-corrected chi connectivity index (χ3v) is 3.04. The van der Waals surface area contributed by atoms with Crippen molar-refractivity contribution in [2.24, 2.45) is 7.05 Å². The number of hydrogen-bond donors (Lipinski definition) is 2. The van der Waals surface area contributed by atoms with Gasteiger partial charge >= 0.3 is 14.3 Å². The van der Waals surface area contributed by atoms with Crippen molar-refractivity contribution in [2.75, 3.05) is 12.5 Å². The molecular weight excluding hydrogens is 305 g/mol. The summed E-state index contributed by atoms with van der Waals surface area (Å²) in [5.74, 6) is -0.126. The fourth-order valence-corrected chi connectivity index (χ4v) is 1.80. The van der Waals surface area contributed by atoms with E-state index in [1.807, 2.05) is 0 Å². The molecule has 0 amide bonds. The highest BCUT2D eigenvalue weighted by Crippen LogP contribution is 2.17. The number of nitrogen functional groups attached to an aromatic ring is 1. The minimum absolute atomic E-state index is 0.126. The zero-order chi connectivity index (χ0) is 15.7. The van der Waals surface area contributed by atoms with Gasteiger partial charge in [0.2, 0.25) is 6.79 Å². The van der Waals surface area contributed by atoms with Crippen molar-refractivity contribution in [1.82, 2.24) is 19.6 Å². The molecule has 0 bridgehead atoms. The molecule has 0 aliphatic carbocycles. The molecule has 2 aromatic rings. The molecule has 3 N–H and O–H groups in total. The normalized spacial score (nSPS) is 11.7. The van der Waals surface area contributed by atoms with E-state index in [0.717, 1.165) is 0 Å². The van der Waals surface area contributed by atoms with Gasteiger partial charge in [-0.05, 0) is 6.92 Å². The van der Waals surface area contributed by atoms with E-state index < -0.39 is 26.7 Å². The smallest absolute Gasteiger partial charge is 0.416 e. The molecule has 12 heteroatoms. The average Bonchev–Trinajstić information content (AvgIpc) is 2.70. The van der Waals surface area contributed by atoms with Gasteiger partial charge in [-0.25, -0.2) is 4.79 Å². The largest absolute Gasteiger partial charge is 0.698 e. The summed E-state index contributed by atoms with van der Waals surface area (Å²) in [7, 11) is -1.30.